The van der Waals surface area contributed by atoms with E-state index in [9.17, 15) is 0 Å². The third-order valence-electron chi connectivity index (χ3n) is 3.73. The molecule has 0 amide bonds. The number of nitrogens with zero attached hydrogens (tertiary/aromatic N) is 4. The lowest BCUT2D eigenvalue weighted by Crippen LogP contribution is -1.99. The quantitative estimate of drug-likeness (QED) is 0.731. The zero-order chi connectivity index (χ0) is 15.6. The Kier molecular flexibility index (Phi) is 3.60. The number of aromatic nitrogens is 3. The van der Waals surface area contributed by atoms with Crippen molar-refractivity contribution in [2.24, 2.45) is 4.99 Å². The summed E-state index contributed by atoms with van der Waals surface area (Å²) in [5, 5.41) is 0.687. The summed E-state index contributed by atoms with van der Waals surface area (Å²) >= 11 is 6.30. The predicted octanol–water partition coefficient (Wildman–Crippen LogP) is 4.04. The third-order valence-corrected chi connectivity index (χ3v) is 4.02. The number of benzene rings is 1. The fourth-order valence-corrected chi connectivity index (χ4v) is 2.99. The van der Waals surface area contributed by atoms with Gasteiger partial charge in [0.1, 0.15) is 5.82 Å². The van der Waals surface area contributed by atoms with E-state index in [1.165, 1.54) is 0 Å². The molecule has 23 heavy (non-hydrogen) atoms. The van der Waals surface area contributed by atoms with Gasteiger partial charge in [-0.3, -0.25) is 9.98 Å². The maximum absolute atomic E-state index is 6.30. The van der Waals surface area contributed by atoms with E-state index in [1.54, 1.807) is 12.4 Å². The number of pyridine rings is 1. The molecule has 112 valence electrons. The van der Waals surface area contributed by atoms with Crippen LogP contribution in [0.15, 0.2) is 53.8 Å². The summed E-state index contributed by atoms with van der Waals surface area (Å²) in [6, 6.07) is 11.7. The van der Waals surface area contributed by atoms with Crippen LogP contribution in [0, 0.1) is 0 Å². The monoisotopic (exact) mass is 320 g/mol. The second-order valence-electron chi connectivity index (χ2n) is 5.35. The molecular weight excluding hydrogens is 308 g/mol. The highest BCUT2D eigenvalue weighted by Crippen LogP contribution is 2.34. The maximum Gasteiger partial charge on any atom is 0.133 e. The van der Waals surface area contributed by atoms with Crippen LogP contribution in [-0.4, -0.2) is 21.2 Å². The zero-order valence-corrected chi connectivity index (χ0v) is 13.0. The Bertz CT molecular complexity index is 891. The van der Waals surface area contributed by atoms with Crippen LogP contribution in [0.3, 0.4) is 0 Å². The molecule has 0 aliphatic carbocycles. The number of rotatable bonds is 3. The molecule has 2 aromatic heterocycles. The van der Waals surface area contributed by atoms with Crippen molar-refractivity contribution in [2.75, 3.05) is 0 Å². The van der Waals surface area contributed by atoms with E-state index in [-0.39, 0.29) is 0 Å². The largest absolute Gasteiger partial charge is 0.259 e. The first-order chi connectivity index (χ1) is 11.3. The molecule has 0 fully saturated rings. The Morgan fingerprint density at radius 2 is 1.96 bits per heavy atom. The first-order valence-electron chi connectivity index (χ1n) is 7.37. The normalized spacial score (nSPS) is 12.4. The van der Waals surface area contributed by atoms with Crippen LogP contribution in [0.4, 0.5) is 5.69 Å². The lowest BCUT2D eigenvalue weighted by Gasteiger charge is -2.07. The van der Waals surface area contributed by atoms with Crippen LogP contribution < -0.4 is 0 Å². The number of aliphatic imine (C=N–C) groups is 1. The summed E-state index contributed by atoms with van der Waals surface area (Å²) in [6.07, 6.45) is 6.88. The van der Waals surface area contributed by atoms with E-state index in [1.807, 2.05) is 36.5 Å². The Morgan fingerprint density at radius 1 is 1.00 bits per heavy atom. The van der Waals surface area contributed by atoms with Crippen LogP contribution >= 0.6 is 11.6 Å². The molecule has 0 spiro atoms. The molecule has 4 rings (SSSR count). The van der Waals surface area contributed by atoms with Gasteiger partial charge in [-0.25, -0.2) is 9.97 Å². The van der Waals surface area contributed by atoms with E-state index in [0.717, 1.165) is 40.4 Å². The minimum Gasteiger partial charge on any atom is -0.259 e. The molecule has 3 aromatic rings. The van der Waals surface area contributed by atoms with Gasteiger partial charge in [-0.15, -0.1) is 0 Å². The van der Waals surface area contributed by atoms with E-state index in [0.29, 0.717) is 11.4 Å². The van der Waals surface area contributed by atoms with Crippen LogP contribution in [0.1, 0.15) is 17.0 Å². The van der Waals surface area contributed by atoms with Crippen LogP contribution in [0.25, 0.3) is 11.4 Å². The van der Waals surface area contributed by atoms with Crippen LogP contribution in [0.2, 0.25) is 5.02 Å². The van der Waals surface area contributed by atoms with E-state index in [2.05, 4.69) is 26.0 Å². The van der Waals surface area contributed by atoms with Gasteiger partial charge in [0.15, 0.2) is 0 Å². The lowest BCUT2D eigenvalue weighted by atomic mass is 10.1. The van der Waals surface area contributed by atoms with Gasteiger partial charge in [-0.1, -0.05) is 23.7 Å². The molecule has 4 nitrogen and oxygen atoms in total. The number of fused-ring (bicyclic) bond motifs is 1. The Balaban J connectivity index is 1.64. The van der Waals surface area contributed by atoms with Gasteiger partial charge in [0.05, 0.1) is 22.1 Å². The molecule has 1 aliphatic rings. The van der Waals surface area contributed by atoms with Gasteiger partial charge in [0.25, 0.3) is 0 Å². The summed E-state index contributed by atoms with van der Waals surface area (Å²) in [4.78, 5) is 17.6. The average molecular weight is 321 g/mol. The van der Waals surface area contributed by atoms with Crippen molar-refractivity contribution >= 4 is 23.5 Å². The topological polar surface area (TPSA) is 51.0 Å². The highest BCUT2D eigenvalue weighted by Gasteiger charge is 2.13. The third kappa shape index (κ3) is 2.85. The summed E-state index contributed by atoms with van der Waals surface area (Å²) in [7, 11) is 0. The van der Waals surface area contributed by atoms with Gasteiger partial charge in [-0.05, 0) is 35.4 Å². The molecule has 0 atom stereocenters. The number of hydrogen-bond acceptors (Lipinski definition) is 4. The van der Waals surface area contributed by atoms with Gasteiger partial charge in [-0.2, -0.15) is 0 Å². The van der Waals surface area contributed by atoms with E-state index >= 15 is 0 Å². The molecule has 0 N–H and O–H groups in total. The van der Waals surface area contributed by atoms with Crippen molar-refractivity contribution in [3.63, 3.8) is 0 Å². The minimum atomic E-state index is 0.633. The van der Waals surface area contributed by atoms with Crippen molar-refractivity contribution in [1.29, 1.82) is 0 Å². The number of halogens is 1. The Morgan fingerprint density at radius 3 is 2.83 bits per heavy atom. The summed E-state index contributed by atoms with van der Waals surface area (Å²) in [6.45, 7) is 0. The van der Waals surface area contributed by atoms with Gasteiger partial charge >= 0.3 is 0 Å². The van der Waals surface area contributed by atoms with Gasteiger partial charge in [0.2, 0.25) is 0 Å². The summed E-state index contributed by atoms with van der Waals surface area (Å²) in [5.74, 6) is 0.753. The predicted molar refractivity (Wildman–Crippen MR) is 91.4 cm³/mol. The maximum atomic E-state index is 6.30. The highest BCUT2D eigenvalue weighted by molar-refractivity contribution is 6.33. The molecule has 0 unspecified atom stereocenters. The standard InChI is InChI=1S/C18H13ClN4/c19-14-10-12(9-13-4-7-22-18(13)14)11-17-21-8-5-16(23-17)15-3-1-2-6-20-15/h1-3,5-10H,4,11H2. The highest BCUT2D eigenvalue weighted by atomic mass is 35.5. The molecular formula is C18H13ClN4. The second kappa shape index (κ2) is 5.89. The summed E-state index contributed by atoms with van der Waals surface area (Å²) < 4.78 is 0. The van der Waals surface area contributed by atoms with E-state index in [4.69, 9.17) is 11.6 Å². The Labute approximate surface area is 138 Å². The van der Waals surface area contributed by atoms with Crippen molar-refractivity contribution < 1.29 is 0 Å². The van der Waals surface area contributed by atoms with Gasteiger partial charge < -0.3 is 0 Å². The fourth-order valence-electron chi connectivity index (χ4n) is 2.68. The van der Waals surface area contributed by atoms with Crippen LogP contribution in [-0.2, 0) is 12.8 Å². The molecule has 0 saturated heterocycles. The second-order valence-corrected chi connectivity index (χ2v) is 5.76. The number of hydrogen-bond donors (Lipinski definition) is 0. The molecule has 0 saturated carbocycles. The molecule has 1 aliphatic heterocycles. The lowest BCUT2D eigenvalue weighted by molar-refractivity contribution is 0.967. The SMILES string of the molecule is Clc1cc(Cc2nccc(-c3ccccn3)n2)cc2c1N=CC2. The molecule has 3 heterocycles. The molecule has 0 radical (unpaired) electrons. The summed E-state index contributed by atoms with van der Waals surface area (Å²) in [5.41, 5.74) is 4.81. The van der Waals surface area contributed by atoms with Crippen molar-refractivity contribution in [3.05, 3.63) is 70.8 Å². The van der Waals surface area contributed by atoms with Gasteiger partial charge in [0, 0.05) is 31.4 Å². The van der Waals surface area contributed by atoms with E-state index < -0.39 is 0 Å². The molecule has 5 heteroatoms. The minimum absolute atomic E-state index is 0.633. The van der Waals surface area contributed by atoms with Crippen LogP contribution in [0.5, 0.6) is 0 Å². The molecule has 0 bridgehead atoms. The van der Waals surface area contributed by atoms with Crippen molar-refractivity contribution in [1.82, 2.24) is 15.0 Å². The average Bonchev–Trinajstić information content (AvgIpc) is 3.05. The smallest absolute Gasteiger partial charge is 0.133 e. The zero-order valence-electron chi connectivity index (χ0n) is 12.3. The van der Waals surface area contributed by atoms with Crippen molar-refractivity contribution in [3.8, 4) is 11.4 Å². The first kappa shape index (κ1) is 14.0. The first-order valence-corrected chi connectivity index (χ1v) is 7.74. The fraction of sp³-hybridized carbons (Fsp3) is 0.111. The van der Waals surface area contributed by atoms with Crippen molar-refractivity contribution in [2.45, 2.75) is 12.8 Å². The molecule has 1 aromatic carbocycles. The Hall–Kier alpha value is -2.59.